The van der Waals surface area contributed by atoms with Crippen molar-refractivity contribution in [2.75, 3.05) is 0 Å². The number of aromatic nitrogens is 5. The summed E-state index contributed by atoms with van der Waals surface area (Å²) in [4.78, 5) is 15.1. The second kappa shape index (κ2) is 12.8. The second-order valence-electron chi connectivity index (χ2n) is 14.7. The highest BCUT2D eigenvalue weighted by Crippen LogP contribution is 2.43. The largest absolute Gasteiger partial charge is 0.455 e. The lowest BCUT2D eigenvalue weighted by atomic mass is 10.1. The summed E-state index contributed by atoms with van der Waals surface area (Å²) in [5, 5.41) is 17.5. The number of furan rings is 1. The molecule has 0 radical (unpaired) electrons. The van der Waals surface area contributed by atoms with E-state index in [9.17, 15) is 5.26 Å². The van der Waals surface area contributed by atoms with Crippen molar-refractivity contribution in [3.8, 4) is 51.6 Å². The topological polar surface area (TPSA) is 85.5 Å². The van der Waals surface area contributed by atoms with Crippen molar-refractivity contribution in [3.05, 3.63) is 188 Å². The van der Waals surface area contributed by atoms with Crippen molar-refractivity contribution in [1.82, 2.24) is 24.1 Å². The zero-order chi connectivity index (χ0) is 39.0. The minimum atomic E-state index is 0.459. The molecule has 59 heavy (non-hydrogen) atoms. The minimum Gasteiger partial charge on any atom is -0.455 e. The number of hydrogen-bond acceptors (Lipinski definition) is 5. The van der Waals surface area contributed by atoms with E-state index in [2.05, 4.69) is 112 Å². The molecule has 0 N–H and O–H groups in total. The molecule has 0 aliphatic rings. The van der Waals surface area contributed by atoms with Gasteiger partial charge in [0.05, 0.1) is 38.9 Å². The lowest BCUT2D eigenvalue weighted by Gasteiger charge is -2.13. The molecule has 8 aromatic carbocycles. The molecular formula is C52H30N6O. The zero-order valence-electron chi connectivity index (χ0n) is 31.4. The summed E-state index contributed by atoms with van der Waals surface area (Å²) in [6.07, 6.45) is 0. The summed E-state index contributed by atoms with van der Waals surface area (Å²) in [6, 6.07) is 64.4. The molecule has 4 aromatic heterocycles. The van der Waals surface area contributed by atoms with Crippen LogP contribution in [0.4, 0.5) is 0 Å². The molecule has 7 nitrogen and oxygen atoms in total. The third-order valence-corrected chi connectivity index (χ3v) is 11.4. The van der Waals surface area contributed by atoms with E-state index < -0.39 is 0 Å². The van der Waals surface area contributed by atoms with Gasteiger partial charge in [-0.1, -0.05) is 121 Å². The molecule has 0 aliphatic heterocycles. The van der Waals surface area contributed by atoms with Crippen LogP contribution in [0.2, 0.25) is 0 Å². The van der Waals surface area contributed by atoms with E-state index in [0.717, 1.165) is 82.5 Å². The maximum atomic E-state index is 11.0. The number of nitrogens with zero attached hydrogens (tertiary/aromatic N) is 6. The molecule has 0 atom stereocenters. The van der Waals surface area contributed by atoms with E-state index >= 15 is 0 Å². The van der Waals surface area contributed by atoms with Gasteiger partial charge in [-0.15, -0.1) is 0 Å². The van der Waals surface area contributed by atoms with Crippen LogP contribution in [0.3, 0.4) is 0 Å². The van der Waals surface area contributed by atoms with E-state index in [1.807, 2.05) is 84.9 Å². The van der Waals surface area contributed by atoms with Crippen LogP contribution >= 0.6 is 0 Å². The average Bonchev–Trinajstić information content (AvgIpc) is 3.97. The predicted octanol–water partition coefficient (Wildman–Crippen LogP) is 12.8. The fraction of sp³-hybridized carbons (Fsp3) is 0. The Kier molecular flexibility index (Phi) is 7.16. The zero-order valence-corrected chi connectivity index (χ0v) is 31.4. The van der Waals surface area contributed by atoms with E-state index in [1.54, 1.807) is 0 Å². The van der Waals surface area contributed by atoms with E-state index in [-0.39, 0.29) is 0 Å². The smallest absolute Gasteiger partial charge is 0.167 e. The SMILES string of the molecule is N#Cc1cc(-c2nc(-c3ccccc3)nc(-c3cccc4c3oc3ccccc34)n2)ccc1-n1c2ccccc2c2ccc3c(c4ccccc4n3-c3ccccc3)c21. The van der Waals surface area contributed by atoms with Gasteiger partial charge in [-0.25, -0.2) is 15.0 Å². The van der Waals surface area contributed by atoms with Crippen LogP contribution in [-0.2, 0) is 0 Å². The van der Waals surface area contributed by atoms with Crippen LogP contribution in [0.25, 0.3) is 111 Å². The Balaban J connectivity index is 1.10. The van der Waals surface area contributed by atoms with Crippen molar-refractivity contribution in [2.24, 2.45) is 0 Å². The van der Waals surface area contributed by atoms with Crippen LogP contribution in [0, 0.1) is 11.3 Å². The molecule has 12 aromatic rings. The second-order valence-corrected chi connectivity index (χ2v) is 14.7. The Morgan fingerprint density at radius 3 is 1.90 bits per heavy atom. The van der Waals surface area contributed by atoms with Gasteiger partial charge < -0.3 is 13.6 Å². The fourth-order valence-electron chi connectivity index (χ4n) is 8.84. The highest BCUT2D eigenvalue weighted by Gasteiger charge is 2.23. The third-order valence-electron chi connectivity index (χ3n) is 11.4. The number of fused-ring (bicyclic) bond motifs is 10. The first-order chi connectivity index (χ1) is 29.2. The monoisotopic (exact) mass is 754 g/mol. The molecule has 0 fully saturated rings. The van der Waals surface area contributed by atoms with Gasteiger partial charge in [0, 0.05) is 49.1 Å². The molecule has 0 amide bonds. The van der Waals surface area contributed by atoms with Crippen LogP contribution in [0.15, 0.2) is 186 Å². The summed E-state index contributed by atoms with van der Waals surface area (Å²) in [7, 11) is 0. The molecule has 0 bridgehead atoms. The molecule has 12 rings (SSSR count). The standard InChI is InChI=1S/C52H30N6O/c53-31-34-30-33(51-54-50(32-14-3-1-4-15-32)55-52(56-51)41-22-13-21-39-37-19-9-12-25-46(37)59-49(39)41)26-28-42(34)58-43-23-10-7-18-36(43)38-27-29-45-47(48(38)58)40-20-8-11-24-44(40)57(45)35-16-5-2-6-17-35/h1-30H. The summed E-state index contributed by atoms with van der Waals surface area (Å²) in [6.45, 7) is 0. The molecule has 274 valence electrons. The fourth-order valence-corrected chi connectivity index (χ4v) is 8.84. The van der Waals surface area contributed by atoms with Crippen molar-refractivity contribution in [2.45, 2.75) is 0 Å². The molecule has 4 heterocycles. The number of rotatable bonds is 5. The van der Waals surface area contributed by atoms with Crippen molar-refractivity contribution in [3.63, 3.8) is 0 Å². The van der Waals surface area contributed by atoms with Gasteiger partial charge in [-0.3, -0.25) is 0 Å². The summed E-state index contributed by atoms with van der Waals surface area (Å²) in [5.74, 6) is 1.47. The predicted molar refractivity (Wildman–Crippen MR) is 237 cm³/mol. The van der Waals surface area contributed by atoms with Crippen molar-refractivity contribution >= 4 is 65.6 Å². The molecule has 0 saturated carbocycles. The minimum absolute atomic E-state index is 0.459. The Morgan fingerprint density at radius 1 is 0.458 bits per heavy atom. The van der Waals surface area contributed by atoms with Gasteiger partial charge in [0.15, 0.2) is 17.5 Å². The number of nitriles is 1. The maximum Gasteiger partial charge on any atom is 0.167 e. The molecule has 0 saturated heterocycles. The average molecular weight is 755 g/mol. The molecular weight excluding hydrogens is 725 g/mol. The molecule has 7 heteroatoms. The summed E-state index contributed by atoms with van der Waals surface area (Å²) < 4.78 is 11.0. The molecule has 0 unspecified atom stereocenters. The lowest BCUT2D eigenvalue weighted by Crippen LogP contribution is -2.02. The summed E-state index contributed by atoms with van der Waals surface area (Å²) >= 11 is 0. The Morgan fingerprint density at radius 2 is 1.10 bits per heavy atom. The Hall–Kier alpha value is -8.34. The Labute approximate surface area is 337 Å². The van der Waals surface area contributed by atoms with Crippen LogP contribution in [-0.4, -0.2) is 24.1 Å². The van der Waals surface area contributed by atoms with Crippen LogP contribution in [0.5, 0.6) is 0 Å². The van der Waals surface area contributed by atoms with Crippen molar-refractivity contribution in [1.29, 1.82) is 5.26 Å². The third kappa shape index (κ3) is 4.97. The highest BCUT2D eigenvalue weighted by atomic mass is 16.3. The van der Waals surface area contributed by atoms with Crippen LogP contribution in [0.1, 0.15) is 5.56 Å². The number of para-hydroxylation sites is 5. The highest BCUT2D eigenvalue weighted by molar-refractivity contribution is 6.26. The van der Waals surface area contributed by atoms with E-state index in [1.165, 1.54) is 0 Å². The van der Waals surface area contributed by atoms with E-state index in [0.29, 0.717) is 34.2 Å². The first-order valence-electron chi connectivity index (χ1n) is 19.5. The van der Waals surface area contributed by atoms with Gasteiger partial charge in [-0.05, 0) is 60.7 Å². The van der Waals surface area contributed by atoms with E-state index in [4.69, 9.17) is 19.4 Å². The quantitative estimate of drug-likeness (QED) is 0.175. The number of hydrogen-bond donors (Lipinski definition) is 0. The van der Waals surface area contributed by atoms with Crippen LogP contribution < -0.4 is 0 Å². The van der Waals surface area contributed by atoms with Gasteiger partial charge in [0.2, 0.25) is 0 Å². The first kappa shape index (κ1) is 32.9. The van der Waals surface area contributed by atoms with Gasteiger partial charge in [0.25, 0.3) is 0 Å². The molecule has 0 aliphatic carbocycles. The maximum absolute atomic E-state index is 11.0. The van der Waals surface area contributed by atoms with Gasteiger partial charge in [-0.2, -0.15) is 5.26 Å². The molecule has 0 spiro atoms. The first-order valence-corrected chi connectivity index (χ1v) is 19.5. The lowest BCUT2D eigenvalue weighted by molar-refractivity contribution is 0.669. The van der Waals surface area contributed by atoms with Gasteiger partial charge in [0.1, 0.15) is 17.2 Å². The normalized spacial score (nSPS) is 11.7. The summed E-state index contributed by atoms with van der Waals surface area (Å²) in [5.41, 5.74) is 10.5. The number of benzene rings is 8. The van der Waals surface area contributed by atoms with Crippen molar-refractivity contribution < 1.29 is 4.42 Å². The van der Waals surface area contributed by atoms with Gasteiger partial charge >= 0.3 is 0 Å². The Bertz CT molecular complexity index is 3680.